The van der Waals surface area contributed by atoms with Crippen molar-refractivity contribution in [1.29, 1.82) is 0 Å². The van der Waals surface area contributed by atoms with Gasteiger partial charge in [-0.05, 0) is 73.0 Å². The van der Waals surface area contributed by atoms with E-state index in [1.165, 1.54) is 6.07 Å². The first kappa shape index (κ1) is 37.1. The maximum absolute atomic E-state index is 13.2. The van der Waals surface area contributed by atoms with E-state index in [9.17, 15) is 28.8 Å². The second-order valence-corrected chi connectivity index (χ2v) is 12.8. The van der Waals surface area contributed by atoms with Crippen LogP contribution in [0.25, 0.3) is 0 Å². The van der Waals surface area contributed by atoms with Crippen molar-refractivity contribution >= 4 is 46.9 Å². The highest BCUT2D eigenvalue weighted by atomic mass is 16.5. The molecule has 1 saturated heterocycles. The van der Waals surface area contributed by atoms with Gasteiger partial charge in [0.2, 0.25) is 11.8 Å². The molecule has 0 aliphatic carbocycles. The molecule has 4 aromatic rings. The topological polar surface area (TPSA) is 217 Å². The van der Waals surface area contributed by atoms with E-state index in [0.29, 0.717) is 54.6 Å². The summed E-state index contributed by atoms with van der Waals surface area (Å²) in [6.07, 6.45) is 3.63. The van der Waals surface area contributed by atoms with E-state index in [1.54, 1.807) is 81.9 Å². The third-order valence-corrected chi connectivity index (χ3v) is 8.95. The summed E-state index contributed by atoms with van der Waals surface area (Å²) in [6, 6.07) is 17.1. The van der Waals surface area contributed by atoms with Crippen molar-refractivity contribution < 1.29 is 38.7 Å². The Kier molecular flexibility index (Phi) is 11.6. The Hall–Kier alpha value is -6.62. The van der Waals surface area contributed by atoms with Crippen LogP contribution >= 0.6 is 0 Å². The number of amides is 7. The molecule has 6 rings (SSSR count). The molecule has 280 valence electrons. The molecule has 2 aliphatic heterocycles. The SMILES string of the molecule is CCCCN(Cc1ccc(C(=O)NO)cc1)C(=O)Nc1ccc(OCCn2cc(CNc3ccc4c(c3)C(=O)N(C3CCC(=O)NC3=O)C4=O)nn2)cc1. The zero-order valence-electron chi connectivity index (χ0n) is 29.4. The Labute approximate surface area is 309 Å². The van der Waals surface area contributed by atoms with Crippen molar-refractivity contribution in [3.05, 3.63) is 101 Å². The number of benzene rings is 3. The molecule has 0 radical (unpaired) electrons. The Balaban J connectivity index is 0.955. The number of piperidine rings is 1. The molecular formula is C37H39N9O8. The predicted octanol–water partition coefficient (Wildman–Crippen LogP) is 3.32. The fourth-order valence-corrected chi connectivity index (χ4v) is 6.04. The minimum atomic E-state index is -1.03. The second-order valence-electron chi connectivity index (χ2n) is 12.8. The van der Waals surface area contributed by atoms with E-state index in [2.05, 4.69) is 26.3 Å². The average molecular weight is 738 g/mol. The number of urea groups is 1. The standard InChI is InChI=1S/C37H39N9O8/c1-2-3-16-44(21-23-4-6-24(7-5-23)33(48)42-53)37(52)39-25-8-11-28(12-9-25)54-18-17-45-22-27(41-43-45)20-38-26-10-13-29-30(19-26)36(51)46(35(29)50)31-14-15-32(47)40-34(31)49/h4-13,19,22,31,38,53H,2-3,14-18,20-21H2,1H3,(H,39,52)(H,42,48)(H,40,47,49). The molecule has 0 spiro atoms. The van der Waals surface area contributed by atoms with Crippen molar-refractivity contribution in [2.24, 2.45) is 0 Å². The van der Waals surface area contributed by atoms with Crippen LogP contribution in [-0.4, -0.2) is 84.8 Å². The van der Waals surface area contributed by atoms with E-state index in [4.69, 9.17) is 9.94 Å². The summed E-state index contributed by atoms with van der Waals surface area (Å²) in [7, 11) is 0. The normalized spacial score (nSPS) is 15.1. The number of ether oxygens (including phenoxy) is 1. The molecule has 17 heteroatoms. The van der Waals surface area contributed by atoms with Crippen LogP contribution < -0.4 is 26.2 Å². The Morgan fingerprint density at radius 3 is 2.44 bits per heavy atom. The fourth-order valence-electron chi connectivity index (χ4n) is 6.04. The van der Waals surface area contributed by atoms with E-state index in [0.717, 1.165) is 23.3 Å². The van der Waals surface area contributed by atoms with Crippen molar-refractivity contribution in [2.45, 2.75) is 58.3 Å². The third-order valence-electron chi connectivity index (χ3n) is 8.95. The molecule has 0 saturated carbocycles. The number of hydrogen-bond acceptors (Lipinski definition) is 11. The number of carbonyl (C=O) groups excluding carboxylic acids is 6. The van der Waals surface area contributed by atoms with Crippen LogP contribution in [0.1, 0.15) is 74.9 Å². The van der Waals surface area contributed by atoms with Gasteiger partial charge in [-0.25, -0.2) is 15.0 Å². The molecule has 3 heterocycles. The summed E-state index contributed by atoms with van der Waals surface area (Å²) in [4.78, 5) is 77.3. The predicted molar refractivity (Wildman–Crippen MR) is 192 cm³/mol. The molecular weight excluding hydrogens is 698 g/mol. The molecule has 54 heavy (non-hydrogen) atoms. The maximum Gasteiger partial charge on any atom is 0.322 e. The lowest BCUT2D eigenvalue weighted by Crippen LogP contribution is -2.54. The molecule has 0 bridgehead atoms. The van der Waals surface area contributed by atoms with Gasteiger partial charge in [0, 0.05) is 36.4 Å². The Bertz CT molecular complexity index is 2050. The van der Waals surface area contributed by atoms with Crippen LogP contribution in [-0.2, 0) is 29.2 Å². The lowest BCUT2D eigenvalue weighted by atomic mass is 10.0. The smallest absolute Gasteiger partial charge is 0.322 e. The van der Waals surface area contributed by atoms with E-state index in [1.807, 2.05) is 6.92 Å². The highest BCUT2D eigenvalue weighted by Crippen LogP contribution is 2.29. The number of nitrogens with zero attached hydrogens (tertiary/aromatic N) is 5. The number of unbranched alkanes of at least 4 members (excludes halogenated alkanes) is 1. The Morgan fingerprint density at radius 1 is 0.981 bits per heavy atom. The number of anilines is 2. The van der Waals surface area contributed by atoms with Gasteiger partial charge in [-0.3, -0.25) is 39.4 Å². The van der Waals surface area contributed by atoms with Gasteiger partial charge in [-0.15, -0.1) is 5.10 Å². The largest absolute Gasteiger partial charge is 0.492 e. The summed E-state index contributed by atoms with van der Waals surface area (Å²) in [5.74, 6) is -2.24. The monoisotopic (exact) mass is 737 g/mol. The van der Waals surface area contributed by atoms with Crippen molar-refractivity contribution in [1.82, 2.24) is 35.6 Å². The van der Waals surface area contributed by atoms with E-state index < -0.39 is 35.6 Å². The first-order valence-electron chi connectivity index (χ1n) is 17.4. The minimum Gasteiger partial charge on any atom is -0.492 e. The zero-order valence-corrected chi connectivity index (χ0v) is 29.4. The quantitative estimate of drug-likeness (QED) is 0.0677. The van der Waals surface area contributed by atoms with Crippen molar-refractivity contribution in [3.8, 4) is 5.75 Å². The summed E-state index contributed by atoms with van der Waals surface area (Å²) >= 11 is 0. The van der Waals surface area contributed by atoms with Gasteiger partial charge in [-0.2, -0.15) is 0 Å². The average Bonchev–Trinajstić information content (AvgIpc) is 3.73. The van der Waals surface area contributed by atoms with Gasteiger partial charge in [-0.1, -0.05) is 30.7 Å². The third kappa shape index (κ3) is 8.70. The van der Waals surface area contributed by atoms with Crippen molar-refractivity contribution in [2.75, 3.05) is 23.8 Å². The number of nitrogens with one attached hydrogen (secondary N) is 4. The van der Waals surface area contributed by atoms with E-state index in [-0.39, 0.29) is 36.5 Å². The van der Waals surface area contributed by atoms with Gasteiger partial charge in [0.15, 0.2) is 0 Å². The summed E-state index contributed by atoms with van der Waals surface area (Å²) in [6.45, 7) is 3.94. The molecule has 3 aromatic carbocycles. The second kappa shape index (κ2) is 16.8. The minimum absolute atomic E-state index is 0.0498. The summed E-state index contributed by atoms with van der Waals surface area (Å²) < 4.78 is 7.50. The van der Waals surface area contributed by atoms with Crippen LogP contribution in [0.3, 0.4) is 0 Å². The number of hydroxylamine groups is 1. The molecule has 1 atom stereocenters. The van der Waals surface area contributed by atoms with Crippen molar-refractivity contribution in [3.63, 3.8) is 0 Å². The summed E-state index contributed by atoms with van der Waals surface area (Å²) in [5.41, 5.74) is 4.93. The molecule has 5 N–H and O–H groups in total. The fraction of sp³-hybridized carbons (Fsp3) is 0.297. The lowest BCUT2D eigenvalue weighted by molar-refractivity contribution is -0.136. The van der Waals surface area contributed by atoms with Crippen LogP contribution in [0, 0.1) is 0 Å². The molecule has 2 aliphatic rings. The molecule has 1 fully saturated rings. The number of rotatable bonds is 15. The molecule has 7 amide bonds. The molecule has 1 aromatic heterocycles. The van der Waals surface area contributed by atoms with Gasteiger partial charge >= 0.3 is 6.03 Å². The lowest BCUT2D eigenvalue weighted by Gasteiger charge is -2.27. The highest BCUT2D eigenvalue weighted by Gasteiger charge is 2.44. The number of hydrogen-bond donors (Lipinski definition) is 5. The van der Waals surface area contributed by atoms with Crippen LogP contribution in [0.2, 0.25) is 0 Å². The van der Waals surface area contributed by atoms with Crippen LogP contribution in [0.5, 0.6) is 5.75 Å². The number of carbonyl (C=O) groups is 6. The van der Waals surface area contributed by atoms with Crippen LogP contribution in [0.15, 0.2) is 72.9 Å². The van der Waals surface area contributed by atoms with Gasteiger partial charge < -0.3 is 20.3 Å². The zero-order chi connectivity index (χ0) is 38.2. The number of aromatic nitrogens is 3. The molecule has 1 unspecified atom stereocenters. The van der Waals surface area contributed by atoms with Crippen LogP contribution in [0.4, 0.5) is 16.2 Å². The Morgan fingerprint density at radius 2 is 1.72 bits per heavy atom. The van der Waals surface area contributed by atoms with Gasteiger partial charge in [0.05, 0.1) is 30.4 Å². The number of imide groups is 2. The highest BCUT2D eigenvalue weighted by molar-refractivity contribution is 6.23. The maximum atomic E-state index is 13.2. The first-order valence-corrected chi connectivity index (χ1v) is 17.4. The number of fused-ring (bicyclic) bond motifs is 1. The first-order chi connectivity index (χ1) is 26.1. The van der Waals surface area contributed by atoms with Gasteiger partial charge in [0.25, 0.3) is 17.7 Å². The van der Waals surface area contributed by atoms with Gasteiger partial charge in [0.1, 0.15) is 24.1 Å². The summed E-state index contributed by atoms with van der Waals surface area (Å²) in [5, 5.41) is 25.5. The van der Waals surface area contributed by atoms with E-state index >= 15 is 0 Å². The molecule has 17 nitrogen and oxygen atoms in total.